The summed E-state index contributed by atoms with van der Waals surface area (Å²) in [5.41, 5.74) is 4.50. The molecule has 0 aromatic heterocycles. The SMILES string of the molecule is C1C2CC3CC1CC(C2)C3.CN.Cl. The van der Waals surface area contributed by atoms with Crippen molar-refractivity contribution in [3.05, 3.63) is 0 Å². The molecule has 4 fully saturated rings. The van der Waals surface area contributed by atoms with Crippen LogP contribution < -0.4 is 5.73 Å². The Hall–Kier alpha value is 0.250. The molecule has 0 spiro atoms. The lowest BCUT2D eigenvalue weighted by Crippen LogP contribution is -2.38. The van der Waals surface area contributed by atoms with Gasteiger partial charge in [-0.2, -0.15) is 0 Å². The van der Waals surface area contributed by atoms with E-state index in [-0.39, 0.29) is 12.4 Å². The first-order valence-electron chi connectivity index (χ1n) is 5.48. The smallest absolute Gasteiger partial charge is 0.0195 e. The molecule has 2 N–H and O–H groups in total. The van der Waals surface area contributed by atoms with Crippen molar-refractivity contribution in [3.8, 4) is 0 Å². The molecule has 4 aliphatic carbocycles. The van der Waals surface area contributed by atoms with Gasteiger partial charge in [0.2, 0.25) is 0 Å². The normalized spacial score (nSPS) is 44.8. The van der Waals surface area contributed by atoms with Gasteiger partial charge in [-0.25, -0.2) is 0 Å². The van der Waals surface area contributed by atoms with E-state index in [4.69, 9.17) is 0 Å². The maximum atomic E-state index is 4.50. The quantitative estimate of drug-likeness (QED) is 0.644. The van der Waals surface area contributed by atoms with Crippen molar-refractivity contribution in [2.45, 2.75) is 38.5 Å². The van der Waals surface area contributed by atoms with E-state index in [0.29, 0.717) is 0 Å². The van der Waals surface area contributed by atoms with Gasteiger partial charge >= 0.3 is 0 Å². The number of hydrogen-bond acceptors (Lipinski definition) is 1. The first kappa shape index (κ1) is 11.3. The maximum absolute atomic E-state index is 4.50. The summed E-state index contributed by atoms with van der Waals surface area (Å²) in [5, 5.41) is 0. The van der Waals surface area contributed by atoms with Gasteiger partial charge in [0, 0.05) is 0 Å². The molecule has 2 heteroatoms. The van der Waals surface area contributed by atoms with Gasteiger partial charge in [0.25, 0.3) is 0 Å². The molecule has 0 aromatic carbocycles. The summed E-state index contributed by atoms with van der Waals surface area (Å²) in [6.45, 7) is 0. The van der Waals surface area contributed by atoms with Crippen LogP contribution in [0.25, 0.3) is 0 Å². The Morgan fingerprint density at radius 2 is 0.769 bits per heavy atom. The second kappa shape index (κ2) is 4.65. The first-order chi connectivity index (χ1) is 5.90. The lowest BCUT2D eigenvalue weighted by atomic mass is 9.56. The first-order valence-corrected chi connectivity index (χ1v) is 5.48. The molecule has 4 bridgehead atoms. The lowest BCUT2D eigenvalue weighted by molar-refractivity contribution is 0.0198. The van der Waals surface area contributed by atoms with Gasteiger partial charge < -0.3 is 5.73 Å². The van der Waals surface area contributed by atoms with E-state index >= 15 is 0 Å². The van der Waals surface area contributed by atoms with E-state index in [1.807, 2.05) is 0 Å². The van der Waals surface area contributed by atoms with Crippen molar-refractivity contribution < 1.29 is 0 Å². The highest BCUT2D eigenvalue weighted by molar-refractivity contribution is 5.85. The molecule has 13 heavy (non-hydrogen) atoms. The van der Waals surface area contributed by atoms with E-state index in [1.54, 1.807) is 38.5 Å². The zero-order valence-electron chi connectivity index (χ0n) is 8.54. The van der Waals surface area contributed by atoms with Crippen LogP contribution >= 0.6 is 12.4 Å². The molecule has 0 amide bonds. The second-order valence-corrected chi connectivity index (χ2v) is 4.88. The third-order valence-corrected chi connectivity index (χ3v) is 4.00. The topological polar surface area (TPSA) is 26.0 Å². The van der Waals surface area contributed by atoms with E-state index in [0.717, 1.165) is 0 Å². The summed E-state index contributed by atoms with van der Waals surface area (Å²) in [7, 11) is 1.50. The lowest BCUT2D eigenvalue weighted by Gasteiger charge is -2.49. The second-order valence-electron chi connectivity index (χ2n) is 4.88. The van der Waals surface area contributed by atoms with Crippen LogP contribution in [-0.2, 0) is 0 Å². The number of halogens is 1. The highest BCUT2D eigenvalue weighted by Gasteiger charge is 2.41. The van der Waals surface area contributed by atoms with Crippen LogP contribution in [0.5, 0.6) is 0 Å². The zero-order valence-corrected chi connectivity index (χ0v) is 9.35. The molecule has 78 valence electrons. The Bertz CT molecular complexity index is 102. The standard InChI is InChI=1S/C10H16.CH5N.ClH/c1-7-2-9-4-8(1)5-10(3-7)6-9;1-2;/h7-10H,1-6H2;2H2,1H3;1H. The summed E-state index contributed by atoms with van der Waals surface area (Å²) >= 11 is 0. The van der Waals surface area contributed by atoms with Gasteiger partial charge in [-0.05, 0) is 69.2 Å². The minimum Gasteiger partial charge on any atom is -0.333 e. The molecule has 0 aliphatic heterocycles. The summed E-state index contributed by atoms with van der Waals surface area (Å²) in [5.74, 6) is 4.71. The molecule has 0 aromatic rings. The third kappa shape index (κ3) is 2.19. The molecule has 4 rings (SSSR count). The Morgan fingerprint density at radius 1 is 0.615 bits per heavy atom. The molecular formula is C11H22ClN. The van der Waals surface area contributed by atoms with Crippen LogP contribution in [0.3, 0.4) is 0 Å². The Balaban J connectivity index is 0.000000266. The zero-order chi connectivity index (χ0) is 8.55. The van der Waals surface area contributed by atoms with Crippen LogP contribution in [-0.4, -0.2) is 7.05 Å². The Labute approximate surface area is 87.9 Å². The fraction of sp³-hybridized carbons (Fsp3) is 1.00. The van der Waals surface area contributed by atoms with Crippen LogP contribution in [0.2, 0.25) is 0 Å². The molecule has 0 atom stereocenters. The number of hydrogen-bond donors (Lipinski definition) is 1. The summed E-state index contributed by atoms with van der Waals surface area (Å²) in [6, 6.07) is 0. The highest BCUT2D eigenvalue weighted by atomic mass is 35.5. The highest BCUT2D eigenvalue weighted by Crippen LogP contribution is 2.53. The van der Waals surface area contributed by atoms with Crippen LogP contribution in [0.15, 0.2) is 0 Å². The van der Waals surface area contributed by atoms with Crippen molar-refractivity contribution >= 4 is 12.4 Å². The molecule has 1 nitrogen and oxygen atoms in total. The van der Waals surface area contributed by atoms with Crippen LogP contribution in [0.1, 0.15) is 38.5 Å². The predicted octanol–water partition coefficient (Wildman–Crippen LogP) is 2.83. The van der Waals surface area contributed by atoms with Crippen molar-refractivity contribution in [2.75, 3.05) is 7.05 Å². The van der Waals surface area contributed by atoms with Crippen molar-refractivity contribution in [3.63, 3.8) is 0 Å². The average Bonchev–Trinajstić information content (AvgIpc) is 2.05. The molecule has 0 radical (unpaired) electrons. The minimum absolute atomic E-state index is 0. The predicted molar refractivity (Wildman–Crippen MR) is 59.0 cm³/mol. The van der Waals surface area contributed by atoms with Gasteiger partial charge in [-0.3, -0.25) is 0 Å². The average molecular weight is 204 g/mol. The van der Waals surface area contributed by atoms with Gasteiger partial charge in [-0.15, -0.1) is 12.4 Å². The van der Waals surface area contributed by atoms with Gasteiger partial charge in [-0.1, -0.05) is 0 Å². The summed E-state index contributed by atoms with van der Waals surface area (Å²) < 4.78 is 0. The van der Waals surface area contributed by atoms with Crippen molar-refractivity contribution in [2.24, 2.45) is 29.4 Å². The largest absolute Gasteiger partial charge is 0.333 e. The van der Waals surface area contributed by atoms with Gasteiger partial charge in [0.15, 0.2) is 0 Å². The third-order valence-electron chi connectivity index (χ3n) is 4.00. The Kier molecular flexibility index (Phi) is 4.06. The number of rotatable bonds is 0. The maximum Gasteiger partial charge on any atom is -0.0195 e. The minimum atomic E-state index is 0. The van der Waals surface area contributed by atoms with Gasteiger partial charge in [0.05, 0.1) is 0 Å². The molecule has 0 heterocycles. The van der Waals surface area contributed by atoms with Crippen molar-refractivity contribution in [1.29, 1.82) is 0 Å². The van der Waals surface area contributed by atoms with E-state index < -0.39 is 0 Å². The summed E-state index contributed by atoms with van der Waals surface area (Å²) in [4.78, 5) is 0. The monoisotopic (exact) mass is 203 g/mol. The fourth-order valence-electron chi connectivity index (χ4n) is 3.98. The van der Waals surface area contributed by atoms with Gasteiger partial charge in [0.1, 0.15) is 0 Å². The van der Waals surface area contributed by atoms with Crippen molar-refractivity contribution in [1.82, 2.24) is 0 Å². The van der Waals surface area contributed by atoms with Crippen LogP contribution in [0.4, 0.5) is 0 Å². The van der Waals surface area contributed by atoms with Crippen LogP contribution in [0, 0.1) is 23.7 Å². The molecular weight excluding hydrogens is 182 g/mol. The molecule has 0 saturated heterocycles. The molecule has 4 saturated carbocycles. The molecule has 0 unspecified atom stereocenters. The summed E-state index contributed by atoms with van der Waals surface area (Å²) in [6.07, 6.45) is 9.62. The molecule has 4 aliphatic rings. The van der Waals surface area contributed by atoms with E-state index in [2.05, 4.69) is 5.73 Å². The number of nitrogens with two attached hydrogens (primary N) is 1. The van der Waals surface area contributed by atoms with E-state index in [9.17, 15) is 0 Å². The Morgan fingerprint density at radius 3 is 0.923 bits per heavy atom. The van der Waals surface area contributed by atoms with E-state index in [1.165, 1.54) is 30.7 Å². The fourth-order valence-corrected chi connectivity index (χ4v) is 3.98.